The van der Waals surface area contributed by atoms with Crippen molar-refractivity contribution in [2.24, 2.45) is 5.73 Å². The summed E-state index contributed by atoms with van der Waals surface area (Å²) in [6.45, 7) is 4.44. The Morgan fingerprint density at radius 3 is 2.95 bits per heavy atom. The van der Waals surface area contributed by atoms with Crippen molar-refractivity contribution in [3.63, 3.8) is 0 Å². The highest BCUT2D eigenvalue weighted by Crippen LogP contribution is 2.30. The summed E-state index contributed by atoms with van der Waals surface area (Å²) >= 11 is 6.04. The average molecular weight is 283 g/mol. The van der Waals surface area contributed by atoms with Gasteiger partial charge >= 0.3 is 0 Å². The summed E-state index contributed by atoms with van der Waals surface area (Å²) in [7, 11) is 2.14. The zero-order valence-corrected chi connectivity index (χ0v) is 12.5. The first-order chi connectivity index (χ1) is 9.05. The van der Waals surface area contributed by atoms with Crippen LogP contribution in [0.15, 0.2) is 24.3 Å². The van der Waals surface area contributed by atoms with Gasteiger partial charge in [0.1, 0.15) is 0 Å². The minimum absolute atomic E-state index is 0.0417. The molecule has 3 nitrogen and oxygen atoms in total. The molecule has 1 saturated heterocycles. The Hall–Kier alpha value is -0.610. The fourth-order valence-electron chi connectivity index (χ4n) is 2.91. The van der Waals surface area contributed by atoms with Gasteiger partial charge in [0.2, 0.25) is 0 Å². The summed E-state index contributed by atoms with van der Waals surface area (Å²) in [5.41, 5.74) is 7.33. The molecule has 0 amide bonds. The zero-order chi connectivity index (χ0) is 13.9. The summed E-state index contributed by atoms with van der Waals surface area (Å²) in [5, 5.41) is 0.785. The van der Waals surface area contributed by atoms with Crippen molar-refractivity contribution in [2.75, 3.05) is 20.2 Å². The quantitative estimate of drug-likeness (QED) is 0.923. The highest BCUT2D eigenvalue weighted by Gasteiger charge is 2.37. The van der Waals surface area contributed by atoms with Crippen LogP contribution in [0.1, 0.15) is 25.3 Å². The van der Waals surface area contributed by atoms with Crippen molar-refractivity contribution < 1.29 is 4.74 Å². The average Bonchev–Trinajstić information content (AvgIpc) is 2.38. The van der Waals surface area contributed by atoms with Crippen LogP contribution in [0.5, 0.6) is 0 Å². The molecular formula is C15H23ClN2O. The van der Waals surface area contributed by atoms with Gasteiger partial charge in [-0.25, -0.2) is 0 Å². The van der Waals surface area contributed by atoms with Gasteiger partial charge in [-0.1, -0.05) is 23.7 Å². The molecule has 1 aliphatic rings. The topological polar surface area (TPSA) is 38.5 Å². The molecule has 4 heteroatoms. The lowest BCUT2D eigenvalue weighted by molar-refractivity contribution is -0.0584. The van der Waals surface area contributed by atoms with Gasteiger partial charge in [0.05, 0.1) is 6.10 Å². The van der Waals surface area contributed by atoms with Gasteiger partial charge in [-0.3, -0.25) is 4.90 Å². The summed E-state index contributed by atoms with van der Waals surface area (Å²) in [4.78, 5) is 2.36. The van der Waals surface area contributed by atoms with Gasteiger partial charge < -0.3 is 10.5 Å². The van der Waals surface area contributed by atoms with E-state index in [2.05, 4.69) is 24.9 Å². The molecular weight excluding hydrogens is 260 g/mol. The minimum atomic E-state index is 0.0417. The molecule has 106 valence electrons. The molecule has 0 saturated carbocycles. The molecule has 1 heterocycles. The van der Waals surface area contributed by atoms with Crippen LogP contribution in [-0.2, 0) is 11.3 Å². The van der Waals surface area contributed by atoms with Crippen molar-refractivity contribution in [1.29, 1.82) is 0 Å². The number of nitrogens with two attached hydrogens (primary N) is 1. The van der Waals surface area contributed by atoms with Crippen molar-refractivity contribution in [3.05, 3.63) is 34.9 Å². The highest BCUT2D eigenvalue weighted by molar-refractivity contribution is 6.30. The van der Waals surface area contributed by atoms with E-state index >= 15 is 0 Å². The maximum absolute atomic E-state index is 6.06. The van der Waals surface area contributed by atoms with Gasteiger partial charge in [0, 0.05) is 30.3 Å². The molecule has 19 heavy (non-hydrogen) atoms. The molecule has 2 unspecified atom stereocenters. The number of hydrogen-bond donors (Lipinski definition) is 1. The largest absolute Gasteiger partial charge is 0.378 e. The molecule has 1 aliphatic heterocycles. The third-order valence-electron chi connectivity index (χ3n) is 4.14. The number of ether oxygens (including phenoxy) is 1. The van der Waals surface area contributed by atoms with Gasteiger partial charge in [-0.15, -0.1) is 0 Å². The molecule has 1 aromatic rings. The van der Waals surface area contributed by atoms with E-state index in [1.165, 1.54) is 5.56 Å². The first-order valence-corrected chi connectivity index (χ1v) is 7.21. The highest BCUT2D eigenvalue weighted by atomic mass is 35.5. The van der Waals surface area contributed by atoms with E-state index in [0.29, 0.717) is 6.54 Å². The molecule has 2 rings (SSSR count). The van der Waals surface area contributed by atoms with Crippen molar-refractivity contribution in [2.45, 2.75) is 38.0 Å². The fraction of sp³-hybridized carbons (Fsp3) is 0.600. The number of rotatable bonds is 4. The fourth-order valence-corrected chi connectivity index (χ4v) is 3.12. The van der Waals surface area contributed by atoms with Crippen LogP contribution in [0.4, 0.5) is 0 Å². The first kappa shape index (κ1) is 14.8. The van der Waals surface area contributed by atoms with Crippen molar-refractivity contribution in [1.82, 2.24) is 4.90 Å². The minimum Gasteiger partial charge on any atom is -0.378 e. The van der Waals surface area contributed by atoms with Crippen LogP contribution in [0.3, 0.4) is 0 Å². The number of hydrogen-bond acceptors (Lipinski definition) is 3. The Morgan fingerprint density at radius 1 is 1.53 bits per heavy atom. The smallest absolute Gasteiger partial charge is 0.0565 e. The van der Waals surface area contributed by atoms with Crippen LogP contribution in [0.25, 0.3) is 0 Å². The van der Waals surface area contributed by atoms with E-state index in [1.54, 1.807) is 0 Å². The van der Waals surface area contributed by atoms with Crippen LogP contribution in [-0.4, -0.2) is 36.7 Å². The molecule has 2 atom stereocenters. The number of likely N-dealkylation sites (N-methyl/N-ethyl adjacent to an activating group) is 1. The normalized spacial score (nSPS) is 27.7. The van der Waals surface area contributed by atoms with Gasteiger partial charge in [-0.05, 0) is 44.5 Å². The molecule has 0 bridgehead atoms. The summed E-state index contributed by atoms with van der Waals surface area (Å²) < 4.78 is 5.65. The van der Waals surface area contributed by atoms with Gasteiger partial charge in [-0.2, -0.15) is 0 Å². The lowest BCUT2D eigenvalue weighted by atomic mass is 9.85. The molecule has 0 aliphatic carbocycles. The van der Waals surface area contributed by atoms with E-state index in [0.717, 1.165) is 31.0 Å². The van der Waals surface area contributed by atoms with Gasteiger partial charge in [0.25, 0.3) is 0 Å². The van der Waals surface area contributed by atoms with Crippen molar-refractivity contribution in [3.8, 4) is 0 Å². The first-order valence-electron chi connectivity index (χ1n) is 6.83. The standard InChI is InChI=1S/C15H23ClN2O/c1-12-9-15(11-17,6-7-19-12)18(2)10-13-4-3-5-14(16)8-13/h3-5,8,12H,6-7,9-11,17H2,1-2H3. The SMILES string of the molecule is CC1CC(CN)(N(C)Cc2cccc(Cl)c2)CCO1. The summed E-state index contributed by atoms with van der Waals surface area (Å²) in [6.07, 6.45) is 2.25. The molecule has 0 radical (unpaired) electrons. The monoisotopic (exact) mass is 282 g/mol. The third kappa shape index (κ3) is 3.48. The Balaban J connectivity index is 2.10. The lowest BCUT2D eigenvalue weighted by Gasteiger charge is -2.46. The van der Waals surface area contributed by atoms with E-state index in [4.69, 9.17) is 22.1 Å². The molecule has 1 aromatic carbocycles. The summed E-state index contributed by atoms with van der Waals surface area (Å²) in [6, 6.07) is 8.02. The molecule has 0 spiro atoms. The van der Waals surface area contributed by atoms with Crippen LogP contribution >= 0.6 is 11.6 Å². The predicted molar refractivity (Wildman–Crippen MR) is 79.4 cm³/mol. The number of benzene rings is 1. The third-order valence-corrected chi connectivity index (χ3v) is 4.37. The maximum Gasteiger partial charge on any atom is 0.0565 e. The van der Waals surface area contributed by atoms with E-state index in [1.807, 2.05) is 18.2 Å². The Bertz CT molecular complexity index is 426. The second kappa shape index (κ2) is 6.23. The van der Waals surface area contributed by atoms with Gasteiger partial charge in [0.15, 0.2) is 0 Å². The van der Waals surface area contributed by atoms with E-state index < -0.39 is 0 Å². The molecule has 1 fully saturated rings. The Labute approximate surface area is 120 Å². The maximum atomic E-state index is 6.06. The number of nitrogens with zero attached hydrogens (tertiary/aromatic N) is 1. The molecule has 2 N–H and O–H groups in total. The molecule has 0 aromatic heterocycles. The van der Waals surface area contributed by atoms with E-state index in [-0.39, 0.29) is 11.6 Å². The lowest BCUT2D eigenvalue weighted by Crippen LogP contribution is -2.56. The Kier molecular flexibility index (Phi) is 4.85. The summed E-state index contributed by atoms with van der Waals surface area (Å²) in [5.74, 6) is 0. The van der Waals surface area contributed by atoms with Crippen molar-refractivity contribution >= 4 is 11.6 Å². The second-order valence-corrected chi connectivity index (χ2v) is 5.99. The predicted octanol–water partition coefficient (Wildman–Crippen LogP) is 2.67. The zero-order valence-electron chi connectivity index (χ0n) is 11.7. The van der Waals surface area contributed by atoms with Crippen LogP contribution in [0.2, 0.25) is 5.02 Å². The second-order valence-electron chi connectivity index (χ2n) is 5.55. The van der Waals surface area contributed by atoms with Crippen LogP contribution in [0, 0.1) is 0 Å². The van der Waals surface area contributed by atoms with Crippen LogP contribution < -0.4 is 5.73 Å². The van der Waals surface area contributed by atoms with E-state index in [9.17, 15) is 0 Å². The Morgan fingerprint density at radius 2 is 2.32 bits per heavy atom. The number of halogens is 1.